The number of ether oxygens (including phenoxy) is 1. The fourth-order valence-corrected chi connectivity index (χ4v) is 3.31. The van der Waals surface area contributed by atoms with E-state index in [1.54, 1.807) is 6.07 Å². The molecule has 0 aliphatic heterocycles. The third kappa shape index (κ3) is 3.62. The molecule has 0 N–H and O–H groups in total. The molecule has 0 heterocycles. The Morgan fingerprint density at radius 2 is 1.73 bits per heavy atom. The summed E-state index contributed by atoms with van der Waals surface area (Å²) in [6, 6.07) is 17.3. The van der Waals surface area contributed by atoms with Gasteiger partial charge in [0, 0.05) is 5.56 Å². The summed E-state index contributed by atoms with van der Waals surface area (Å²) in [5.74, 6) is -0.580. The van der Waals surface area contributed by atoms with Crippen LogP contribution in [0.5, 0.6) is 0 Å². The molecule has 0 aromatic heterocycles. The third-order valence-corrected chi connectivity index (χ3v) is 4.55. The van der Waals surface area contributed by atoms with Gasteiger partial charge in [0.2, 0.25) is 0 Å². The summed E-state index contributed by atoms with van der Waals surface area (Å²) in [6.07, 6.45) is 4.56. The zero-order chi connectivity index (χ0) is 18.8. The number of carbonyl (C=O) groups is 2. The van der Waals surface area contributed by atoms with Crippen LogP contribution in [0.4, 0.5) is 0 Å². The number of rotatable bonds is 4. The minimum Gasteiger partial charge on any atom is -0.459 e. The van der Waals surface area contributed by atoms with Crippen LogP contribution in [0.3, 0.4) is 0 Å². The molecule has 3 nitrogen and oxygen atoms in total. The maximum atomic E-state index is 13.2. The Morgan fingerprint density at radius 3 is 2.38 bits per heavy atom. The molecule has 1 atom stereocenters. The lowest BCUT2D eigenvalue weighted by molar-refractivity contribution is -0.164. The highest BCUT2D eigenvalue weighted by Crippen LogP contribution is 2.42. The van der Waals surface area contributed by atoms with Crippen LogP contribution in [-0.2, 0) is 16.0 Å². The molecule has 2 aromatic rings. The van der Waals surface area contributed by atoms with Crippen LogP contribution >= 0.6 is 0 Å². The average Bonchev–Trinajstić information content (AvgIpc) is 2.88. The number of esters is 1. The molecule has 0 spiro atoms. The summed E-state index contributed by atoms with van der Waals surface area (Å²) >= 11 is 0. The number of ketones is 1. The van der Waals surface area contributed by atoms with Crippen molar-refractivity contribution in [3.05, 3.63) is 77.4 Å². The second-order valence-electron chi connectivity index (χ2n) is 7.76. The largest absolute Gasteiger partial charge is 0.459 e. The van der Waals surface area contributed by atoms with Crippen molar-refractivity contribution < 1.29 is 14.3 Å². The number of carbonyl (C=O) groups excluding carboxylic acids is 2. The monoisotopic (exact) mass is 348 g/mol. The second kappa shape index (κ2) is 6.91. The Labute approximate surface area is 154 Å². The minimum absolute atomic E-state index is 0.139. The van der Waals surface area contributed by atoms with Crippen LogP contribution in [0.15, 0.2) is 60.7 Å². The maximum Gasteiger partial charge on any atom is 0.321 e. The highest BCUT2D eigenvalue weighted by molar-refractivity contribution is 6.16. The van der Waals surface area contributed by atoms with E-state index in [1.807, 2.05) is 81.5 Å². The lowest BCUT2D eigenvalue weighted by atomic mass is 9.80. The van der Waals surface area contributed by atoms with Gasteiger partial charge in [0.25, 0.3) is 0 Å². The van der Waals surface area contributed by atoms with Gasteiger partial charge < -0.3 is 4.74 Å². The van der Waals surface area contributed by atoms with E-state index >= 15 is 0 Å². The van der Waals surface area contributed by atoms with Crippen molar-refractivity contribution in [3.63, 3.8) is 0 Å². The maximum absolute atomic E-state index is 13.2. The molecule has 0 amide bonds. The highest BCUT2D eigenvalue weighted by Gasteiger charge is 2.52. The molecular formula is C23H24O3. The standard InChI is InChI=1S/C23H24O3/c1-22(2,3)26-21(25)23(15-9-12-17-10-5-4-6-11-17)16-18-13-7-8-14-19(18)20(23)24/h4-14H,15-16H2,1-3H3. The van der Waals surface area contributed by atoms with Gasteiger partial charge in [-0.1, -0.05) is 66.7 Å². The van der Waals surface area contributed by atoms with Gasteiger partial charge in [0.05, 0.1) is 0 Å². The fraction of sp³-hybridized carbons (Fsp3) is 0.304. The predicted molar refractivity (Wildman–Crippen MR) is 103 cm³/mol. The molecular weight excluding hydrogens is 324 g/mol. The Balaban J connectivity index is 1.92. The van der Waals surface area contributed by atoms with Gasteiger partial charge in [-0.2, -0.15) is 0 Å². The van der Waals surface area contributed by atoms with Crippen LogP contribution in [0.2, 0.25) is 0 Å². The normalized spacial score (nSPS) is 19.6. The van der Waals surface area contributed by atoms with Crippen LogP contribution < -0.4 is 0 Å². The van der Waals surface area contributed by atoms with Crippen molar-refractivity contribution in [2.24, 2.45) is 5.41 Å². The summed E-state index contributed by atoms with van der Waals surface area (Å²) < 4.78 is 5.64. The molecule has 1 aliphatic carbocycles. The Morgan fingerprint density at radius 1 is 1.08 bits per heavy atom. The van der Waals surface area contributed by atoms with Gasteiger partial charge in [-0.3, -0.25) is 9.59 Å². The summed E-state index contributed by atoms with van der Waals surface area (Å²) in [6.45, 7) is 5.47. The van der Waals surface area contributed by atoms with Crippen molar-refractivity contribution in [3.8, 4) is 0 Å². The van der Waals surface area contributed by atoms with Crippen molar-refractivity contribution in [2.45, 2.75) is 39.2 Å². The van der Waals surface area contributed by atoms with E-state index in [9.17, 15) is 9.59 Å². The van der Waals surface area contributed by atoms with Crippen LogP contribution in [0.1, 0.15) is 48.7 Å². The molecule has 1 aliphatic rings. The van der Waals surface area contributed by atoms with E-state index in [0.717, 1.165) is 11.1 Å². The first-order valence-electron chi connectivity index (χ1n) is 8.90. The molecule has 3 heteroatoms. The molecule has 3 rings (SSSR count). The van der Waals surface area contributed by atoms with E-state index in [2.05, 4.69) is 0 Å². The zero-order valence-corrected chi connectivity index (χ0v) is 15.5. The average molecular weight is 348 g/mol. The first kappa shape index (κ1) is 18.1. The van der Waals surface area contributed by atoms with Gasteiger partial charge in [-0.25, -0.2) is 0 Å². The van der Waals surface area contributed by atoms with Crippen molar-refractivity contribution in [1.29, 1.82) is 0 Å². The summed E-state index contributed by atoms with van der Waals surface area (Å²) in [7, 11) is 0. The Kier molecular flexibility index (Phi) is 4.82. The first-order chi connectivity index (χ1) is 12.3. The van der Waals surface area contributed by atoms with E-state index in [4.69, 9.17) is 4.74 Å². The molecule has 1 unspecified atom stereocenters. The van der Waals surface area contributed by atoms with Crippen molar-refractivity contribution >= 4 is 17.8 Å². The zero-order valence-electron chi connectivity index (χ0n) is 15.5. The lowest BCUT2D eigenvalue weighted by Crippen LogP contribution is -2.42. The van der Waals surface area contributed by atoms with E-state index < -0.39 is 17.0 Å². The van der Waals surface area contributed by atoms with Gasteiger partial charge in [-0.15, -0.1) is 0 Å². The summed E-state index contributed by atoms with van der Waals surface area (Å²) in [5.41, 5.74) is 0.766. The molecule has 0 saturated heterocycles. The smallest absolute Gasteiger partial charge is 0.321 e. The molecule has 26 heavy (non-hydrogen) atoms. The van der Waals surface area contributed by atoms with Gasteiger partial charge >= 0.3 is 5.97 Å². The second-order valence-corrected chi connectivity index (χ2v) is 7.76. The molecule has 2 aromatic carbocycles. The minimum atomic E-state index is -1.18. The number of allylic oxidation sites excluding steroid dienone is 1. The number of benzene rings is 2. The topological polar surface area (TPSA) is 43.4 Å². The number of fused-ring (bicyclic) bond motifs is 1. The molecule has 0 fully saturated rings. The van der Waals surface area contributed by atoms with Crippen LogP contribution in [-0.4, -0.2) is 17.4 Å². The SMILES string of the molecule is CC(C)(C)OC(=O)C1(CC=Cc2ccccc2)Cc2ccccc2C1=O. The van der Waals surface area contributed by atoms with E-state index in [-0.39, 0.29) is 5.78 Å². The summed E-state index contributed by atoms with van der Waals surface area (Å²) in [4.78, 5) is 26.2. The quantitative estimate of drug-likeness (QED) is 0.585. The molecule has 0 radical (unpaired) electrons. The Hall–Kier alpha value is -2.68. The van der Waals surface area contributed by atoms with Crippen molar-refractivity contribution in [1.82, 2.24) is 0 Å². The summed E-state index contributed by atoms with van der Waals surface area (Å²) in [5, 5.41) is 0. The molecule has 134 valence electrons. The third-order valence-electron chi connectivity index (χ3n) is 4.55. The van der Waals surface area contributed by atoms with E-state index in [0.29, 0.717) is 18.4 Å². The lowest BCUT2D eigenvalue weighted by Gasteiger charge is -2.29. The number of Topliss-reactive ketones (excluding diaryl/α,β-unsaturated/α-hetero) is 1. The first-order valence-corrected chi connectivity index (χ1v) is 8.90. The van der Waals surface area contributed by atoms with Crippen LogP contribution in [0, 0.1) is 5.41 Å². The highest BCUT2D eigenvalue weighted by atomic mass is 16.6. The van der Waals surface area contributed by atoms with E-state index in [1.165, 1.54) is 0 Å². The van der Waals surface area contributed by atoms with Crippen molar-refractivity contribution in [2.75, 3.05) is 0 Å². The number of hydrogen-bond donors (Lipinski definition) is 0. The van der Waals surface area contributed by atoms with Crippen LogP contribution in [0.25, 0.3) is 6.08 Å². The van der Waals surface area contributed by atoms with Gasteiger partial charge in [0.1, 0.15) is 11.0 Å². The van der Waals surface area contributed by atoms with Gasteiger partial charge in [0.15, 0.2) is 5.78 Å². The Bertz CT molecular complexity index is 843. The number of hydrogen-bond acceptors (Lipinski definition) is 3. The molecule has 0 saturated carbocycles. The predicted octanol–water partition coefficient (Wildman–Crippen LogP) is 4.86. The molecule has 0 bridgehead atoms. The van der Waals surface area contributed by atoms with Gasteiger partial charge in [-0.05, 0) is 44.7 Å². The fourth-order valence-electron chi connectivity index (χ4n) is 3.31.